The van der Waals surface area contributed by atoms with Crippen molar-refractivity contribution < 1.29 is 17.9 Å². The molecule has 0 aromatic heterocycles. The number of esters is 1. The number of hydrogen-bond donors (Lipinski definition) is 1. The van der Waals surface area contributed by atoms with Gasteiger partial charge < -0.3 is 10.1 Å². The van der Waals surface area contributed by atoms with Gasteiger partial charge in [-0.2, -0.15) is 0 Å². The molecule has 0 spiro atoms. The second kappa shape index (κ2) is 8.59. The van der Waals surface area contributed by atoms with Crippen LogP contribution in [-0.2, 0) is 19.6 Å². The molecule has 1 heterocycles. The zero-order chi connectivity index (χ0) is 15.0. The van der Waals surface area contributed by atoms with E-state index in [2.05, 4.69) is 5.32 Å². The lowest BCUT2D eigenvalue weighted by Gasteiger charge is -2.28. The molecule has 1 atom stereocenters. The van der Waals surface area contributed by atoms with Crippen molar-refractivity contribution in [3.8, 4) is 0 Å². The van der Waals surface area contributed by atoms with Gasteiger partial charge in [0.25, 0.3) is 0 Å². The van der Waals surface area contributed by atoms with Crippen LogP contribution in [-0.4, -0.2) is 57.2 Å². The van der Waals surface area contributed by atoms with Crippen LogP contribution in [0, 0.1) is 5.92 Å². The molecule has 0 aromatic carbocycles. The molecule has 0 aromatic rings. The molecule has 1 fully saturated rings. The summed E-state index contributed by atoms with van der Waals surface area (Å²) in [5.74, 6) is -0.257. The van der Waals surface area contributed by atoms with Crippen molar-refractivity contribution in [2.75, 3.05) is 38.5 Å². The molecule has 20 heavy (non-hydrogen) atoms. The lowest BCUT2D eigenvalue weighted by atomic mass is 10.00. The summed E-state index contributed by atoms with van der Waals surface area (Å²) in [4.78, 5) is 11.3. The zero-order valence-corrected chi connectivity index (χ0v) is 13.2. The van der Waals surface area contributed by atoms with E-state index in [9.17, 15) is 13.2 Å². The molecule has 0 bridgehead atoms. The zero-order valence-electron chi connectivity index (χ0n) is 12.4. The molecule has 1 saturated heterocycles. The van der Waals surface area contributed by atoms with E-state index in [0.29, 0.717) is 19.0 Å². The Labute approximate surface area is 121 Å². The number of carbonyl (C=O) groups is 1. The number of rotatable bonds is 8. The minimum atomic E-state index is -3.38. The smallest absolute Gasteiger partial charge is 0.306 e. The first kappa shape index (κ1) is 17.4. The summed E-state index contributed by atoms with van der Waals surface area (Å²) >= 11 is 0. The Hall–Kier alpha value is -0.660. The van der Waals surface area contributed by atoms with Gasteiger partial charge in [-0.15, -0.1) is 0 Å². The summed E-state index contributed by atoms with van der Waals surface area (Å²) in [6, 6.07) is 0. The maximum absolute atomic E-state index is 12.2. The number of nitrogens with zero attached hydrogens (tertiary/aromatic N) is 1. The highest BCUT2D eigenvalue weighted by Gasteiger charge is 2.25. The average Bonchev–Trinajstić information content (AvgIpc) is 2.44. The Morgan fingerprint density at radius 2 is 2.15 bits per heavy atom. The fourth-order valence-electron chi connectivity index (χ4n) is 2.38. The summed E-state index contributed by atoms with van der Waals surface area (Å²) in [5, 5.41) is 3.29. The monoisotopic (exact) mass is 306 g/mol. The fourth-order valence-corrected chi connectivity index (χ4v) is 3.90. The van der Waals surface area contributed by atoms with E-state index < -0.39 is 16.0 Å². The molecule has 0 saturated carbocycles. The van der Waals surface area contributed by atoms with Crippen LogP contribution in [0.3, 0.4) is 0 Å². The third-order valence-corrected chi connectivity index (χ3v) is 5.39. The van der Waals surface area contributed by atoms with E-state index in [4.69, 9.17) is 4.74 Å². The first-order chi connectivity index (χ1) is 9.49. The number of nitrogens with one attached hydrogen (secondary N) is 1. The predicted molar refractivity (Wildman–Crippen MR) is 77.9 cm³/mol. The number of sulfonamides is 1. The van der Waals surface area contributed by atoms with Crippen LogP contribution in [0.25, 0.3) is 0 Å². The minimum Gasteiger partial charge on any atom is -0.466 e. The number of piperidine rings is 1. The number of hydrogen-bond acceptors (Lipinski definition) is 5. The lowest BCUT2D eigenvalue weighted by Crippen LogP contribution is -2.42. The van der Waals surface area contributed by atoms with Gasteiger partial charge in [0.2, 0.25) is 10.0 Å². The molecule has 1 unspecified atom stereocenters. The maximum Gasteiger partial charge on any atom is 0.306 e. The van der Waals surface area contributed by atoms with Crippen LogP contribution in [0.5, 0.6) is 0 Å². The Kier molecular flexibility index (Phi) is 7.47. The van der Waals surface area contributed by atoms with Crippen LogP contribution in [0.2, 0.25) is 0 Å². The van der Waals surface area contributed by atoms with Gasteiger partial charge >= 0.3 is 5.97 Å². The van der Waals surface area contributed by atoms with E-state index >= 15 is 0 Å². The van der Waals surface area contributed by atoms with E-state index in [-0.39, 0.29) is 18.8 Å². The van der Waals surface area contributed by atoms with Crippen molar-refractivity contribution in [1.82, 2.24) is 9.62 Å². The molecule has 0 aliphatic carbocycles. The van der Waals surface area contributed by atoms with E-state index in [0.717, 1.165) is 25.9 Å². The summed E-state index contributed by atoms with van der Waals surface area (Å²) in [6.45, 7) is 6.68. The van der Waals surface area contributed by atoms with Gasteiger partial charge in [-0.05, 0) is 38.8 Å². The first-order valence-corrected chi connectivity index (χ1v) is 8.94. The minimum absolute atomic E-state index is 0.0738. The van der Waals surface area contributed by atoms with Crippen LogP contribution in [0.15, 0.2) is 0 Å². The Balaban J connectivity index is 2.50. The van der Waals surface area contributed by atoms with Gasteiger partial charge in [-0.1, -0.05) is 6.92 Å². The normalized spacial score (nSPS) is 20.1. The van der Waals surface area contributed by atoms with Crippen molar-refractivity contribution in [2.45, 2.75) is 33.1 Å². The Morgan fingerprint density at radius 3 is 2.70 bits per heavy atom. The van der Waals surface area contributed by atoms with Crippen molar-refractivity contribution in [2.24, 2.45) is 5.92 Å². The molecule has 7 heteroatoms. The molecular formula is C13H26N2O4S. The predicted octanol–water partition coefficient (Wildman–Crippen LogP) is 0.591. The molecule has 1 rings (SSSR count). The molecule has 1 aliphatic heterocycles. The number of ether oxygens (including phenoxy) is 1. The highest BCUT2D eigenvalue weighted by atomic mass is 32.2. The van der Waals surface area contributed by atoms with Crippen LogP contribution in [0.4, 0.5) is 0 Å². The van der Waals surface area contributed by atoms with E-state index in [1.165, 1.54) is 4.31 Å². The molecule has 6 nitrogen and oxygen atoms in total. The van der Waals surface area contributed by atoms with Crippen LogP contribution >= 0.6 is 0 Å². The van der Waals surface area contributed by atoms with Gasteiger partial charge in [0, 0.05) is 13.1 Å². The molecule has 118 valence electrons. The highest BCUT2D eigenvalue weighted by molar-refractivity contribution is 7.89. The van der Waals surface area contributed by atoms with Crippen LogP contribution < -0.4 is 5.32 Å². The first-order valence-electron chi connectivity index (χ1n) is 7.33. The van der Waals surface area contributed by atoms with E-state index in [1.54, 1.807) is 6.92 Å². The third kappa shape index (κ3) is 5.76. The standard InChI is InChI=1S/C13H26N2O4S/c1-3-15(11-12-6-5-8-14-10-12)20(17,18)9-7-13(16)19-4-2/h12,14H,3-11H2,1-2H3. The van der Waals surface area contributed by atoms with Crippen molar-refractivity contribution in [3.05, 3.63) is 0 Å². The quantitative estimate of drug-likeness (QED) is 0.664. The van der Waals surface area contributed by atoms with Crippen molar-refractivity contribution >= 4 is 16.0 Å². The summed E-state index contributed by atoms with van der Waals surface area (Å²) in [5.41, 5.74) is 0. The topological polar surface area (TPSA) is 75.7 Å². The van der Waals surface area contributed by atoms with E-state index in [1.807, 2.05) is 6.92 Å². The maximum atomic E-state index is 12.2. The Morgan fingerprint density at radius 1 is 1.40 bits per heavy atom. The molecule has 0 radical (unpaired) electrons. The SMILES string of the molecule is CCOC(=O)CCS(=O)(=O)N(CC)CC1CCCNC1. The van der Waals surface area contributed by atoms with Gasteiger partial charge in [0.1, 0.15) is 0 Å². The number of carbonyl (C=O) groups excluding carboxylic acids is 1. The largest absolute Gasteiger partial charge is 0.466 e. The second-order valence-electron chi connectivity index (χ2n) is 5.03. The van der Waals surface area contributed by atoms with Gasteiger partial charge in [-0.25, -0.2) is 12.7 Å². The second-order valence-corrected chi connectivity index (χ2v) is 7.12. The average molecular weight is 306 g/mol. The van der Waals surface area contributed by atoms with Crippen molar-refractivity contribution in [1.29, 1.82) is 0 Å². The molecule has 0 amide bonds. The van der Waals surface area contributed by atoms with Crippen LogP contribution in [0.1, 0.15) is 33.1 Å². The summed E-state index contributed by atoms with van der Waals surface area (Å²) in [6.07, 6.45) is 2.07. The van der Waals surface area contributed by atoms with Gasteiger partial charge in [0.05, 0.1) is 18.8 Å². The summed E-state index contributed by atoms with van der Waals surface area (Å²) in [7, 11) is -3.38. The molecular weight excluding hydrogens is 280 g/mol. The van der Waals surface area contributed by atoms with Gasteiger partial charge in [0.15, 0.2) is 0 Å². The van der Waals surface area contributed by atoms with Crippen molar-refractivity contribution in [3.63, 3.8) is 0 Å². The van der Waals surface area contributed by atoms with Gasteiger partial charge in [-0.3, -0.25) is 4.79 Å². The molecule has 1 aliphatic rings. The Bertz CT molecular complexity index is 391. The summed E-state index contributed by atoms with van der Waals surface area (Å²) < 4.78 is 30.7. The molecule has 1 N–H and O–H groups in total. The fraction of sp³-hybridized carbons (Fsp3) is 0.923. The lowest BCUT2D eigenvalue weighted by molar-refractivity contribution is -0.142. The third-order valence-electron chi connectivity index (χ3n) is 3.48. The highest BCUT2D eigenvalue weighted by Crippen LogP contribution is 2.14.